The van der Waals surface area contributed by atoms with Crippen LogP contribution in [0.1, 0.15) is 243 Å². The van der Waals surface area contributed by atoms with Gasteiger partial charge in [0.2, 0.25) is 11.4 Å². The minimum atomic E-state index is 0.877. The molecule has 0 unspecified atom stereocenters. The van der Waals surface area contributed by atoms with Crippen LogP contribution in [0.5, 0.6) is 0 Å². The van der Waals surface area contributed by atoms with E-state index in [9.17, 15) is 5.53 Å². The number of hydrogen-bond donors (Lipinski definition) is 0. The Hall–Kier alpha value is -2.92. The summed E-state index contributed by atoms with van der Waals surface area (Å²) in [6.07, 6.45) is 41.3. The van der Waals surface area contributed by atoms with E-state index in [4.69, 9.17) is 0 Å². The van der Waals surface area contributed by atoms with Gasteiger partial charge >= 0.3 is 0 Å². The van der Waals surface area contributed by atoms with E-state index in [1.807, 2.05) is 0 Å². The van der Waals surface area contributed by atoms with Crippen LogP contribution in [0.25, 0.3) is 16.9 Å². The summed E-state index contributed by atoms with van der Waals surface area (Å²) in [6, 6.07) is 17.9. The van der Waals surface area contributed by atoms with Gasteiger partial charge in [0.05, 0.1) is 0 Å². The van der Waals surface area contributed by atoms with Crippen LogP contribution in [0.3, 0.4) is 0 Å². The second kappa shape index (κ2) is 31.1. The summed E-state index contributed by atoms with van der Waals surface area (Å²) in [5.74, 6) is 7.33. The summed E-state index contributed by atoms with van der Waals surface area (Å²) in [7, 11) is 0. The number of benzene rings is 2. The fourth-order valence-corrected chi connectivity index (χ4v) is 8.43. The van der Waals surface area contributed by atoms with E-state index >= 15 is 0 Å². The van der Waals surface area contributed by atoms with E-state index < -0.39 is 0 Å². The molecule has 0 radical (unpaired) electrons. The zero-order chi connectivity index (χ0) is 39.9. The second-order valence-electron chi connectivity index (χ2n) is 17.1. The van der Waals surface area contributed by atoms with Crippen molar-refractivity contribution in [1.82, 2.24) is 0 Å². The molecule has 1 aliphatic heterocycles. The first-order valence-corrected chi connectivity index (χ1v) is 24.3. The van der Waals surface area contributed by atoms with E-state index in [1.54, 1.807) is 0 Å². The normalized spacial score (nSPS) is 12.9. The molecule has 0 fully saturated rings. The molecule has 3 rings (SSSR count). The Bertz CT molecular complexity index is 1480. The lowest BCUT2D eigenvalue weighted by molar-refractivity contribution is -0.345. The van der Waals surface area contributed by atoms with Gasteiger partial charge in [-0.2, -0.15) is 0 Å². The molecular weight excluding hydrogens is 677 g/mol. The lowest BCUT2D eigenvalue weighted by atomic mass is 9.94. The molecule has 0 spiro atoms. The summed E-state index contributed by atoms with van der Waals surface area (Å²) in [5, 5.41) is 0. The average molecular weight is 761 g/mol. The van der Waals surface area contributed by atoms with Crippen LogP contribution in [-0.4, -0.2) is 4.70 Å². The largest absolute Gasteiger partial charge is 0.493 e. The van der Waals surface area contributed by atoms with Crippen molar-refractivity contribution < 1.29 is 4.70 Å². The number of aryl methyl sites for hydroxylation is 2. The third-order valence-corrected chi connectivity index (χ3v) is 11.9. The minimum absolute atomic E-state index is 0.877. The third kappa shape index (κ3) is 18.6. The van der Waals surface area contributed by atoms with Gasteiger partial charge in [-0.15, -0.1) is 0 Å². The number of nitrogens with zero attached hydrogens (tertiary/aromatic N) is 2. The standard InChI is InChI=1S/C54H84N2/c1-5-9-13-16-17-18-19-20-21-22-23-24-25-26-27-28-29-30-31-34-44-52-51(43-33-15-11-7-3)54(50-42-36-40-48(46-50)38-32-14-10-6-2)56(55)53(52)49-41-35-39-47(45-49)37-12-8-4/h35-36,39-42,45-46H,5-33,37-38,43H2,1-4H3. The molecule has 0 saturated heterocycles. The second-order valence-corrected chi connectivity index (χ2v) is 17.1. The highest BCUT2D eigenvalue weighted by Crippen LogP contribution is 2.43. The molecule has 2 nitrogen and oxygen atoms in total. The first-order chi connectivity index (χ1) is 27.6. The zero-order valence-electron chi connectivity index (χ0n) is 37.1. The minimum Gasteiger partial charge on any atom is -0.493 e. The highest BCUT2D eigenvalue weighted by Gasteiger charge is 2.35. The van der Waals surface area contributed by atoms with E-state index in [2.05, 4.69) is 88.1 Å². The Morgan fingerprint density at radius 3 is 1.30 bits per heavy atom. The van der Waals surface area contributed by atoms with Gasteiger partial charge < -0.3 is 5.53 Å². The van der Waals surface area contributed by atoms with Crippen LogP contribution < -0.4 is 0 Å². The number of hydrogen-bond acceptors (Lipinski definition) is 0. The van der Waals surface area contributed by atoms with Gasteiger partial charge in [-0.3, -0.25) is 0 Å². The summed E-state index contributed by atoms with van der Waals surface area (Å²) in [6.45, 7) is 9.11. The van der Waals surface area contributed by atoms with E-state index in [0.29, 0.717) is 0 Å². The number of rotatable bonds is 33. The van der Waals surface area contributed by atoms with Gasteiger partial charge in [0.25, 0.3) is 0 Å². The Morgan fingerprint density at radius 1 is 0.429 bits per heavy atom. The summed E-state index contributed by atoms with van der Waals surface area (Å²) in [5.41, 5.74) is 21.2. The van der Waals surface area contributed by atoms with Gasteiger partial charge in [0.1, 0.15) is 5.57 Å². The first-order valence-electron chi connectivity index (χ1n) is 24.3. The summed E-state index contributed by atoms with van der Waals surface area (Å²) in [4.78, 5) is 0. The fourth-order valence-electron chi connectivity index (χ4n) is 8.43. The van der Waals surface area contributed by atoms with E-state index in [1.165, 1.54) is 188 Å². The molecule has 56 heavy (non-hydrogen) atoms. The molecule has 0 atom stereocenters. The van der Waals surface area contributed by atoms with Gasteiger partial charge in [0.15, 0.2) is 0 Å². The van der Waals surface area contributed by atoms with Crippen molar-refractivity contribution in [3.05, 3.63) is 87.5 Å². The molecule has 0 saturated carbocycles. The maximum Gasteiger partial charge on any atom is 0.223 e. The Balaban J connectivity index is 1.62. The lowest BCUT2D eigenvalue weighted by Crippen LogP contribution is -2.03. The van der Waals surface area contributed by atoms with E-state index in [-0.39, 0.29) is 0 Å². The van der Waals surface area contributed by atoms with Crippen molar-refractivity contribution in [3.8, 4) is 11.8 Å². The van der Waals surface area contributed by atoms with Crippen molar-refractivity contribution in [2.75, 3.05) is 0 Å². The maximum atomic E-state index is 12.2. The van der Waals surface area contributed by atoms with Crippen molar-refractivity contribution in [2.24, 2.45) is 0 Å². The molecule has 2 aromatic rings. The van der Waals surface area contributed by atoms with Crippen molar-refractivity contribution in [2.45, 2.75) is 233 Å². The molecule has 310 valence electrons. The molecule has 2 aromatic carbocycles. The topological polar surface area (TPSA) is 25.3 Å². The van der Waals surface area contributed by atoms with Crippen LogP contribution in [0.15, 0.2) is 59.7 Å². The monoisotopic (exact) mass is 761 g/mol. The molecule has 0 aromatic heterocycles. The molecule has 0 amide bonds. The quantitative estimate of drug-likeness (QED) is 0.0393. The van der Waals surface area contributed by atoms with Gasteiger partial charge in [-0.25, -0.2) is 4.70 Å². The van der Waals surface area contributed by atoms with Crippen LogP contribution in [-0.2, 0) is 12.8 Å². The van der Waals surface area contributed by atoms with Crippen LogP contribution >= 0.6 is 0 Å². The highest BCUT2D eigenvalue weighted by molar-refractivity contribution is 5.85. The van der Waals surface area contributed by atoms with E-state index in [0.717, 1.165) is 66.6 Å². The Morgan fingerprint density at radius 2 is 0.821 bits per heavy atom. The molecular formula is C54H84N2. The predicted octanol–water partition coefficient (Wildman–Crippen LogP) is 17.7. The third-order valence-electron chi connectivity index (χ3n) is 11.9. The SMILES string of the molecule is CCCCCCCCCCCCCCCCCCCCC#CC1=C(c2cccc(CCCC)c2)[N+](=[N-])C(c2cccc(CCCCCC)c2)=C1CCCCCC. The smallest absolute Gasteiger partial charge is 0.223 e. The fraction of sp³-hybridized carbons (Fsp3) is 0.667. The molecule has 0 N–H and O–H groups in total. The number of unbranched alkanes of at least 4 members (excludes halogenated alkanes) is 25. The maximum absolute atomic E-state index is 12.2. The molecule has 2 heteroatoms. The van der Waals surface area contributed by atoms with Gasteiger partial charge in [0, 0.05) is 23.1 Å². The van der Waals surface area contributed by atoms with Gasteiger partial charge in [-0.1, -0.05) is 218 Å². The Kier molecular flexibility index (Phi) is 26.4. The number of allylic oxidation sites excluding steroid dienone is 2. The van der Waals surface area contributed by atoms with Crippen molar-refractivity contribution in [3.63, 3.8) is 0 Å². The summed E-state index contributed by atoms with van der Waals surface area (Å²) < 4.78 is 1.52. The van der Waals surface area contributed by atoms with Crippen molar-refractivity contribution >= 4 is 11.4 Å². The Labute approximate surface area is 347 Å². The first kappa shape index (κ1) is 47.5. The molecule has 1 heterocycles. The predicted molar refractivity (Wildman–Crippen MR) is 247 cm³/mol. The van der Waals surface area contributed by atoms with Crippen LogP contribution in [0, 0.1) is 11.8 Å². The average Bonchev–Trinajstić information content (AvgIpc) is 3.49. The van der Waals surface area contributed by atoms with Crippen LogP contribution in [0.4, 0.5) is 0 Å². The zero-order valence-corrected chi connectivity index (χ0v) is 37.1. The van der Waals surface area contributed by atoms with Crippen LogP contribution in [0.2, 0.25) is 0 Å². The van der Waals surface area contributed by atoms with Crippen molar-refractivity contribution in [1.29, 1.82) is 0 Å². The lowest BCUT2D eigenvalue weighted by Gasteiger charge is -2.11. The van der Waals surface area contributed by atoms with Gasteiger partial charge in [-0.05, 0) is 80.3 Å². The molecule has 1 aliphatic rings. The highest BCUT2D eigenvalue weighted by atomic mass is 15.2. The molecule has 0 aliphatic carbocycles. The summed E-state index contributed by atoms with van der Waals surface area (Å²) >= 11 is 0. The molecule has 0 bridgehead atoms.